The summed E-state index contributed by atoms with van der Waals surface area (Å²) in [5, 5.41) is 6.14. The number of amides is 1. The van der Waals surface area contributed by atoms with E-state index in [1.807, 2.05) is 109 Å². The predicted molar refractivity (Wildman–Crippen MR) is 228 cm³/mol. The number of hydrogen-bond donors (Lipinski definition) is 2. The van der Waals surface area contributed by atoms with Crippen molar-refractivity contribution in [3.63, 3.8) is 0 Å². The fraction of sp³-hybridized carbons (Fsp3) is 0.152. The molecule has 0 radical (unpaired) electrons. The summed E-state index contributed by atoms with van der Waals surface area (Å²) < 4.78 is 10.4. The van der Waals surface area contributed by atoms with Gasteiger partial charge in [0.1, 0.15) is 0 Å². The minimum atomic E-state index is -0.180. The fourth-order valence-corrected chi connectivity index (χ4v) is 5.59. The highest BCUT2D eigenvalue weighted by atomic mass is 127. The second-order valence-electron chi connectivity index (χ2n) is 12.2. The van der Waals surface area contributed by atoms with E-state index in [9.17, 15) is 14.4 Å². The normalized spacial score (nSPS) is 10.0. The number of methoxy groups -OCH3 is 2. The maximum atomic E-state index is 11.2. The Labute approximate surface area is 331 Å². The molecular formula is C46H45IN2O5. The molecule has 8 heteroatoms. The average Bonchev–Trinajstić information content (AvgIpc) is 3.21. The molecule has 0 aromatic heterocycles. The SMILES string of the molecule is CC(=O)Nc1ccc(-c2ccccc2)cc1.COC(=O)CCc1ccc(I)cc1.COC(=O)CCc1ccc(Nc2ccc(-c3ccccc3)cc2)cc1. The number of halogens is 1. The molecule has 1 amide bonds. The highest BCUT2D eigenvalue weighted by Crippen LogP contribution is 2.24. The Kier molecular flexibility index (Phi) is 17.0. The van der Waals surface area contributed by atoms with Gasteiger partial charge in [0.05, 0.1) is 14.2 Å². The van der Waals surface area contributed by atoms with Gasteiger partial charge in [0.15, 0.2) is 0 Å². The topological polar surface area (TPSA) is 93.7 Å². The molecule has 0 saturated carbocycles. The van der Waals surface area contributed by atoms with E-state index in [1.54, 1.807) is 0 Å². The fourth-order valence-electron chi connectivity index (χ4n) is 5.23. The zero-order valence-electron chi connectivity index (χ0n) is 30.8. The molecule has 6 aromatic carbocycles. The number of aryl methyl sites for hydroxylation is 2. The van der Waals surface area contributed by atoms with Crippen LogP contribution in [0.4, 0.5) is 17.1 Å². The summed E-state index contributed by atoms with van der Waals surface area (Å²) in [5.74, 6) is -0.383. The van der Waals surface area contributed by atoms with E-state index in [4.69, 9.17) is 0 Å². The molecular weight excluding hydrogens is 787 g/mol. The minimum Gasteiger partial charge on any atom is -0.469 e. The molecule has 0 bridgehead atoms. The van der Waals surface area contributed by atoms with Crippen molar-refractivity contribution < 1.29 is 23.9 Å². The first-order valence-electron chi connectivity index (χ1n) is 17.5. The van der Waals surface area contributed by atoms with Crippen molar-refractivity contribution in [3.8, 4) is 22.3 Å². The van der Waals surface area contributed by atoms with E-state index in [2.05, 4.69) is 91.2 Å². The van der Waals surface area contributed by atoms with E-state index in [0.29, 0.717) is 19.3 Å². The number of carbonyl (C=O) groups is 3. The van der Waals surface area contributed by atoms with Gasteiger partial charge in [-0.1, -0.05) is 109 Å². The number of hydrogen-bond acceptors (Lipinski definition) is 6. The number of nitrogens with one attached hydrogen (secondary N) is 2. The molecule has 0 atom stereocenters. The zero-order valence-corrected chi connectivity index (χ0v) is 32.9. The van der Waals surface area contributed by atoms with E-state index >= 15 is 0 Å². The lowest BCUT2D eigenvalue weighted by molar-refractivity contribution is -0.141. The molecule has 54 heavy (non-hydrogen) atoms. The Hall–Kier alpha value is -5.74. The highest BCUT2D eigenvalue weighted by molar-refractivity contribution is 14.1. The predicted octanol–water partition coefficient (Wildman–Crippen LogP) is 10.9. The third-order valence-corrected chi connectivity index (χ3v) is 8.87. The number of anilines is 3. The van der Waals surface area contributed by atoms with Crippen LogP contribution in [-0.2, 0) is 36.7 Å². The summed E-state index contributed by atoms with van der Waals surface area (Å²) in [6, 6.07) is 52.9. The van der Waals surface area contributed by atoms with Crippen LogP contribution in [0, 0.1) is 3.57 Å². The Morgan fingerprint density at radius 2 is 0.833 bits per heavy atom. The van der Waals surface area contributed by atoms with Gasteiger partial charge in [-0.2, -0.15) is 0 Å². The summed E-state index contributed by atoms with van der Waals surface area (Å²) in [6.45, 7) is 1.51. The Morgan fingerprint density at radius 3 is 1.22 bits per heavy atom. The van der Waals surface area contributed by atoms with Gasteiger partial charge in [-0.05, 0) is 117 Å². The third-order valence-electron chi connectivity index (χ3n) is 8.15. The standard InChI is InChI=1S/C22H21NO2.C14H13NO.C10H11IO2/c1-25-22(24)16-9-17-7-12-20(13-8-17)23-21-14-10-19(11-15-21)18-5-3-2-4-6-18;1-11(16)15-14-9-7-13(8-10-14)12-5-3-2-4-6-12;1-13-10(12)7-4-8-2-5-9(11)6-3-8/h2-8,10-15,23H,9,16H2,1H3;2-10H,1H3,(H,15,16);2-3,5-6H,4,7H2,1H3. The van der Waals surface area contributed by atoms with Crippen LogP contribution >= 0.6 is 22.6 Å². The molecule has 6 aromatic rings. The van der Waals surface area contributed by atoms with Gasteiger partial charge in [0.2, 0.25) is 5.91 Å². The van der Waals surface area contributed by atoms with Crippen LogP contribution in [0.5, 0.6) is 0 Å². The molecule has 0 aliphatic rings. The van der Waals surface area contributed by atoms with Crippen molar-refractivity contribution in [2.45, 2.75) is 32.6 Å². The van der Waals surface area contributed by atoms with Crippen molar-refractivity contribution in [1.82, 2.24) is 0 Å². The van der Waals surface area contributed by atoms with Crippen LogP contribution in [0.25, 0.3) is 22.3 Å². The summed E-state index contributed by atoms with van der Waals surface area (Å²) >= 11 is 2.25. The Balaban J connectivity index is 0.000000193. The van der Waals surface area contributed by atoms with Crippen molar-refractivity contribution in [3.05, 3.63) is 172 Å². The number of esters is 2. The molecule has 0 unspecified atom stereocenters. The lowest BCUT2D eigenvalue weighted by Gasteiger charge is -2.09. The van der Waals surface area contributed by atoms with Crippen LogP contribution in [0.3, 0.4) is 0 Å². The number of ether oxygens (including phenoxy) is 2. The van der Waals surface area contributed by atoms with Crippen molar-refractivity contribution in [2.24, 2.45) is 0 Å². The summed E-state index contributed by atoms with van der Waals surface area (Å²) in [4.78, 5) is 32.9. The van der Waals surface area contributed by atoms with E-state index < -0.39 is 0 Å². The van der Waals surface area contributed by atoms with Gasteiger partial charge >= 0.3 is 11.9 Å². The molecule has 2 N–H and O–H groups in total. The number of rotatable bonds is 11. The summed E-state index contributed by atoms with van der Waals surface area (Å²) in [7, 11) is 2.83. The van der Waals surface area contributed by atoms with Crippen LogP contribution in [0.1, 0.15) is 30.9 Å². The summed E-state index contributed by atoms with van der Waals surface area (Å²) in [6.07, 6.45) is 2.31. The minimum absolute atomic E-state index is 0.0486. The second-order valence-corrected chi connectivity index (χ2v) is 13.4. The molecule has 0 spiro atoms. The van der Waals surface area contributed by atoms with Gasteiger partial charge in [0, 0.05) is 40.4 Å². The van der Waals surface area contributed by atoms with Gasteiger partial charge in [0.25, 0.3) is 0 Å². The monoisotopic (exact) mass is 832 g/mol. The average molecular weight is 833 g/mol. The van der Waals surface area contributed by atoms with Crippen LogP contribution in [-0.4, -0.2) is 32.1 Å². The second kappa shape index (κ2) is 22.4. The molecule has 0 aliphatic carbocycles. The van der Waals surface area contributed by atoms with Crippen molar-refractivity contribution in [2.75, 3.05) is 24.9 Å². The zero-order chi connectivity index (χ0) is 38.5. The van der Waals surface area contributed by atoms with E-state index in [0.717, 1.165) is 34.6 Å². The van der Waals surface area contributed by atoms with Crippen LogP contribution in [0.15, 0.2) is 158 Å². The van der Waals surface area contributed by atoms with E-state index in [1.165, 1.54) is 47.0 Å². The van der Waals surface area contributed by atoms with Gasteiger partial charge in [-0.25, -0.2) is 0 Å². The smallest absolute Gasteiger partial charge is 0.305 e. The third kappa shape index (κ3) is 14.7. The molecule has 6 rings (SSSR count). The quantitative estimate of drug-likeness (QED) is 0.0998. The number of carbonyl (C=O) groups excluding carboxylic acids is 3. The van der Waals surface area contributed by atoms with Crippen LogP contribution in [0.2, 0.25) is 0 Å². The lowest BCUT2D eigenvalue weighted by atomic mass is 10.1. The van der Waals surface area contributed by atoms with Gasteiger partial charge < -0.3 is 20.1 Å². The highest BCUT2D eigenvalue weighted by Gasteiger charge is 2.04. The van der Waals surface area contributed by atoms with Crippen molar-refractivity contribution >= 4 is 57.5 Å². The van der Waals surface area contributed by atoms with Gasteiger partial charge in [-0.3, -0.25) is 14.4 Å². The van der Waals surface area contributed by atoms with Gasteiger partial charge in [-0.15, -0.1) is 0 Å². The largest absolute Gasteiger partial charge is 0.469 e. The molecule has 0 aliphatic heterocycles. The van der Waals surface area contributed by atoms with E-state index in [-0.39, 0.29) is 17.8 Å². The van der Waals surface area contributed by atoms with Crippen molar-refractivity contribution in [1.29, 1.82) is 0 Å². The van der Waals surface area contributed by atoms with Crippen LogP contribution < -0.4 is 10.6 Å². The first kappa shape index (κ1) is 41.0. The summed E-state index contributed by atoms with van der Waals surface area (Å²) in [5.41, 5.74) is 9.92. The molecule has 0 saturated heterocycles. The first-order chi connectivity index (χ1) is 26.2. The molecule has 0 fully saturated rings. The molecule has 0 heterocycles. The Bertz CT molecular complexity index is 2020. The maximum Gasteiger partial charge on any atom is 0.305 e. The number of benzene rings is 6. The first-order valence-corrected chi connectivity index (χ1v) is 18.6. The Morgan fingerprint density at radius 1 is 0.481 bits per heavy atom. The maximum absolute atomic E-state index is 11.2. The molecule has 276 valence electrons. The lowest BCUT2D eigenvalue weighted by Crippen LogP contribution is -2.05. The molecule has 7 nitrogen and oxygen atoms in total.